The molecular weight excluding hydrogens is 166 g/mol. The van der Waals surface area contributed by atoms with Crippen LogP contribution in [0.4, 0.5) is 4.79 Å². The number of carbonyl (C=O) groups is 1. The molecule has 1 saturated heterocycles. The van der Waals surface area contributed by atoms with E-state index in [-0.39, 0.29) is 11.7 Å². The van der Waals surface area contributed by atoms with E-state index >= 15 is 0 Å². The predicted molar refractivity (Wildman–Crippen MR) is 49.4 cm³/mol. The van der Waals surface area contributed by atoms with Crippen molar-refractivity contribution in [2.75, 3.05) is 6.54 Å². The Labute approximate surface area is 78.8 Å². The van der Waals surface area contributed by atoms with Gasteiger partial charge in [0.1, 0.15) is 5.60 Å². The molecule has 3 heteroatoms. The summed E-state index contributed by atoms with van der Waals surface area (Å²) < 4.78 is 5.38. The maximum Gasteiger partial charge on any atom is 0.407 e. The Hall–Kier alpha value is -0.730. The third-order valence-electron chi connectivity index (χ3n) is 3.11. The Morgan fingerprint density at radius 2 is 2.00 bits per heavy atom. The Kier molecular flexibility index (Phi) is 1.97. The van der Waals surface area contributed by atoms with Crippen molar-refractivity contribution in [1.82, 2.24) is 5.32 Å². The van der Waals surface area contributed by atoms with Crippen LogP contribution in [0, 0.1) is 11.8 Å². The molecule has 3 nitrogen and oxygen atoms in total. The van der Waals surface area contributed by atoms with Crippen molar-refractivity contribution in [3.8, 4) is 0 Å². The number of amides is 1. The molecule has 0 aromatic rings. The molecule has 2 atom stereocenters. The van der Waals surface area contributed by atoms with Crippen LogP contribution in [0.15, 0.2) is 0 Å². The highest BCUT2D eigenvalue weighted by Crippen LogP contribution is 2.39. The number of ether oxygens (including phenoxy) is 1. The van der Waals surface area contributed by atoms with Gasteiger partial charge in [0.2, 0.25) is 0 Å². The average Bonchev–Trinajstić information content (AvgIpc) is 2.28. The summed E-state index contributed by atoms with van der Waals surface area (Å²) in [5.74, 6) is 1.35. The highest BCUT2D eigenvalue weighted by Gasteiger charge is 2.45. The molecule has 1 spiro atoms. The molecule has 0 aromatic heterocycles. The first kappa shape index (κ1) is 8.85. The number of nitrogens with one attached hydrogen (secondary N) is 1. The zero-order valence-corrected chi connectivity index (χ0v) is 8.30. The summed E-state index contributed by atoms with van der Waals surface area (Å²) in [6, 6.07) is 0. The van der Waals surface area contributed by atoms with Crippen molar-refractivity contribution < 1.29 is 9.53 Å². The minimum Gasteiger partial charge on any atom is -0.441 e. The Morgan fingerprint density at radius 1 is 1.38 bits per heavy atom. The van der Waals surface area contributed by atoms with E-state index in [1.807, 2.05) is 0 Å². The fourth-order valence-electron chi connectivity index (χ4n) is 2.94. The van der Waals surface area contributed by atoms with Crippen molar-refractivity contribution in [3.63, 3.8) is 0 Å². The molecule has 1 saturated carbocycles. The first-order chi connectivity index (χ1) is 6.10. The fourth-order valence-corrected chi connectivity index (χ4v) is 2.94. The van der Waals surface area contributed by atoms with E-state index in [0.717, 1.165) is 12.8 Å². The molecule has 1 aliphatic heterocycles. The van der Waals surface area contributed by atoms with Gasteiger partial charge >= 0.3 is 6.09 Å². The smallest absolute Gasteiger partial charge is 0.407 e. The van der Waals surface area contributed by atoms with E-state index < -0.39 is 0 Å². The normalized spacial score (nSPS) is 44.6. The molecule has 1 N–H and O–H groups in total. The molecule has 0 aromatic carbocycles. The van der Waals surface area contributed by atoms with Gasteiger partial charge in [-0.15, -0.1) is 0 Å². The van der Waals surface area contributed by atoms with Gasteiger partial charge in [-0.05, 0) is 31.1 Å². The Balaban J connectivity index is 2.09. The molecular formula is C10H17NO2. The molecule has 74 valence electrons. The largest absolute Gasteiger partial charge is 0.441 e. The summed E-state index contributed by atoms with van der Waals surface area (Å²) in [5.41, 5.74) is -0.172. The second-order valence-electron chi connectivity index (χ2n) is 4.78. The van der Waals surface area contributed by atoms with Crippen LogP contribution >= 0.6 is 0 Å². The lowest BCUT2D eigenvalue weighted by molar-refractivity contribution is -0.00728. The molecule has 0 radical (unpaired) electrons. The summed E-state index contributed by atoms with van der Waals surface area (Å²) in [6.07, 6.45) is 3.08. The first-order valence-corrected chi connectivity index (χ1v) is 5.06. The van der Waals surface area contributed by atoms with Crippen molar-refractivity contribution in [2.24, 2.45) is 11.8 Å². The average molecular weight is 183 g/mol. The lowest BCUT2D eigenvalue weighted by Gasteiger charge is -2.37. The van der Waals surface area contributed by atoms with E-state index in [4.69, 9.17) is 4.74 Å². The fraction of sp³-hybridized carbons (Fsp3) is 0.900. The highest BCUT2D eigenvalue weighted by molar-refractivity contribution is 5.70. The highest BCUT2D eigenvalue weighted by atomic mass is 16.6. The van der Waals surface area contributed by atoms with Gasteiger partial charge in [-0.2, -0.15) is 0 Å². The van der Waals surface area contributed by atoms with Gasteiger partial charge in [0.05, 0.1) is 6.54 Å². The van der Waals surface area contributed by atoms with Crippen LogP contribution in [0.3, 0.4) is 0 Å². The Bertz CT molecular complexity index is 217. The Morgan fingerprint density at radius 3 is 2.46 bits per heavy atom. The molecule has 2 aliphatic rings. The third-order valence-corrected chi connectivity index (χ3v) is 3.11. The van der Waals surface area contributed by atoms with Gasteiger partial charge < -0.3 is 10.1 Å². The molecule has 2 rings (SSSR count). The van der Waals surface area contributed by atoms with Crippen molar-refractivity contribution >= 4 is 6.09 Å². The standard InChI is InChI=1S/C10H17NO2/c1-7-3-8(2)5-10(4-7)6-11-9(12)13-10/h7-8H,3-6H2,1-2H3,(H,11,12). The van der Waals surface area contributed by atoms with Gasteiger partial charge in [-0.3, -0.25) is 0 Å². The minimum absolute atomic E-state index is 0.172. The number of carbonyl (C=O) groups excluding carboxylic acids is 1. The van der Waals surface area contributed by atoms with Crippen LogP contribution in [-0.4, -0.2) is 18.2 Å². The lowest BCUT2D eigenvalue weighted by atomic mass is 9.74. The second kappa shape index (κ2) is 2.89. The molecule has 13 heavy (non-hydrogen) atoms. The van der Waals surface area contributed by atoms with Crippen LogP contribution in [0.5, 0.6) is 0 Å². The zero-order valence-electron chi connectivity index (χ0n) is 8.30. The number of alkyl carbamates (subject to hydrolysis) is 1. The van der Waals surface area contributed by atoms with Crippen LogP contribution in [0.25, 0.3) is 0 Å². The van der Waals surface area contributed by atoms with Crippen molar-refractivity contribution in [3.05, 3.63) is 0 Å². The topological polar surface area (TPSA) is 38.3 Å². The van der Waals surface area contributed by atoms with Crippen LogP contribution in [0.2, 0.25) is 0 Å². The van der Waals surface area contributed by atoms with Gasteiger partial charge in [0.15, 0.2) is 0 Å². The summed E-state index contributed by atoms with van der Waals surface area (Å²) in [7, 11) is 0. The van der Waals surface area contributed by atoms with E-state index in [2.05, 4.69) is 19.2 Å². The van der Waals surface area contributed by atoms with E-state index in [0.29, 0.717) is 18.4 Å². The maximum atomic E-state index is 11.0. The maximum absolute atomic E-state index is 11.0. The summed E-state index contributed by atoms with van der Waals surface area (Å²) in [6.45, 7) is 5.19. The van der Waals surface area contributed by atoms with Crippen LogP contribution < -0.4 is 5.32 Å². The second-order valence-corrected chi connectivity index (χ2v) is 4.78. The monoisotopic (exact) mass is 183 g/mol. The van der Waals surface area contributed by atoms with Crippen molar-refractivity contribution in [1.29, 1.82) is 0 Å². The summed E-state index contributed by atoms with van der Waals surface area (Å²) in [4.78, 5) is 11.0. The van der Waals surface area contributed by atoms with Crippen LogP contribution in [0.1, 0.15) is 33.1 Å². The summed E-state index contributed by atoms with van der Waals surface area (Å²) in [5, 5.41) is 2.76. The quantitative estimate of drug-likeness (QED) is 0.623. The SMILES string of the molecule is CC1CC(C)CC2(CNC(=O)O2)C1. The van der Waals surface area contributed by atoms with Gasteiger partial charge in [-0.25, -0.2) is 4.79 Å². The minimum atomic E-state index is -0.235. The lowest BCUT2D eigenvalue weighted by Crippen LogP contribution is -2.41. The zero-order chi connectivity index (χ0) is 9.47. The van der Waals surface area contributed by atoms with E-state index in [1.54, 1.807) is 0 Å². The van der Waals surface area contributed by atoms with Gasteiger partial charge in [0.25, 0.3) is 0 Å². The van der Waals surface area contributed by atoms with E-state index in [9.17, 15) is 4.79 Å². The predicted octanol–water partition coefficient (Wildman–Crippen LogP) is 1.92. The molecule has 2 fully saturated rings. The molecule has 1 heterocycles. The molecule has 1 aliphatic carbocycles. The van der Waals surface area contributed by atoms with Crippen molar-refractivity contribution in [2.45, 2.75) is 38.7 Å². The van der Waals surface area contributed by atoms with Crippen LogP contribution in [-0.2, 0) is 4.74 Å². The number of hydrogen-bond donors (Lipinski definition) is 1. The summed E-state index contributed by atoms with van der Waals surface area (Å²) >= 11 is 0. The third kappa shape index (κ3) is 1.64. The molecule has 2 unspecified atom stereocenters. The van der Waals surface area contributed by atoms with Gasteiger partial charge in [-0.1, -0.05) is 13.8 Å². The molecule has 0 bridgehead atoms. The first-order valence-electron chi connectivity index (χ1n) is 5.06. The molecule has 1 amide bonds. The van der Waals surface area contributed by atoms with Gasteiger partial charge in [0, 0.05) is 0 Å². The van der Waals surface area contributed by atoms with E-state index in [1.165, 1.54) is 6.42 Å². The number of rotatable bonds is 0. The number of hydrogen-bond acceptors (Lipinski definition) is 2.